The Hall–Kier alpha value is -1.70. The molecule has 8 heteroatoms. The Labute approximate surface area is 133 Å². The van der Waals surface area contributed by atoms with E-state index in [0.29, 0.717) is 15.9 Å². The topological polar surface area (TPSA) is 60.7 Å². The summed E-state index contributed by atoms with van der Waals surface area (Å²) >= 11 is 8.61. The number of thiophene rings is 1. The molecule has 0 aliphatic carbocycles. The van der Waals surface area contributed by atoms with Crippen molar-refractivity contribution in [3.63, 3.8) is 0 Å². The maximum absolute atomic E-state index is 12.0. The monoisotopic (exact) mass is 336 g/mol. The molecule has 0 bridgehead atoms. The second-order valence-corrected chi connectivity index (χ2v) is 6.37. The third-order valence-electron chi connectivity index (χ3n) is 2.64. The van der Waals surface area contributed by atoms with E-state index in [1.807, 2.05) is 29.6 Å². The van der Waals surface area contributed by atoms with Crippen LogP contribution in [-0.2, 0) is 0 Å². The van der Waals surface area contributed by atoms with E-state index in [9.17, 15) is 4.79 Å². The normalized spacial score (nSPS) is 10.7. The molecule has 5 nitrogen and oxygen atoms in total. The molecule has 2 heterocycles. The van der Waals surface area contributed by atoms with E-state index in [1.54, 1.807) is 16.8 Å². The Morgan fingerprint density at radius 2 is 2.10 bits per heavy atom. The SMILES string of the molecule is O=C(CSc1nnnn1-c1ccc(Cl)cc1)c1cccs1. The molecule has 21 heavy (non-hydrogen) atoms. The van der Waals surface area contributed by atoms with Gasteiger partial charge in [-0.05, 0) is 46.1 Å². The van der Waals surface area contributed by atoms with Gasteiger partial charge in [0.05, 0.1) is 16.3 Å². The van der Waals surface area contributed by atoms with Crippen molar-refractivity contribution >= 4 is 40.5 Å². The molecule has 1 aromatic carbocycles. The molecule has 0 aliphatic rings. The van der Waals surface area contributed by atoms with Crippen molar-refractivity contribution in [1.29, 1.82) is 0 Å². The number of Topliss-reactive ketones (excluding diaryl/α,β-unsaturated/α-hetero) is 1. The lowest BCUT2D eigenvalue weighted by atomic mass is 10.3. The number of benzene rings is 1. The zero-order valence-electron chi connectivity index (χ0n) is 10.6. The summed E-state index contributed by atoms with van der Waals surface area (Å²) in [4.78, 5) is 12.7. The molecule has 0 saturated heterocycles. The third kappa shape index (κ3) is 3.31. The molecule has 3 aromatic rings. The molecular weight excluding hydrogens is 328 g/mol. The molecule has 0 amide bonds. The van der Waals surface area contributed by atoms with Crippen molar-refractivity contribution < 1.29 is 4.79 Å². The van der Waals surface area contributed by atoms with Gasteiger partial charge in [-0.25, -0.2) is 0 Å². The highest BCUT2D eigenvalue weighted by Crippen LogP contribution is 2.21. The zero-order chi connectivity index (χ0) is 14.7. The average Bonchev–Trinajstić information content (AvgIpc) is 3.17. The van der Waals surface area contributed by atoms with Gasteiger partial charge in [-0.1, -0.05) is 29.4 Å². The summed E-state index contributed by atoms with van der Waals surface area (Å²) < 4.78 is 1.59. The maximum Gasteiger partial charge on any atom is 0.214 e. The van der Waals surface area contributed by atoms with Crippen LogP contribution in [0.1, 0.15) is 9.67 Å². The summed E-state index contributed by atoms with van der Waals surface area (Å²) in [5.41, 5.74) is 0.801. The van der Waals surface area contributed by atoms with E-state index in [1.165, 1.54) is 23.1 Å². The molecule has 3 rings (SSSR count). The van der Waals surface area contributed by atoms with E-state index >= 15 is 0 Å². The van der Waals surface area contributed by atoms with Gasteiger partial charge >= 0.3 is 0 Å². The van der Waals surface area contributed by atoms with Crippen molar-refractivity contribution in [2.75, 3.05) is 5.75 Å². The average molecular weight is 337 g/mol. The highest BCUT2D eigenvalue weighted by molar-refractivity contribution is 7.99. The third-order valence-corrected chi connectivity index (χ3v) is 4.72. The van der Waals surface area contributed by atoms with Gasteiger partial charge in [0.15, 0.2) is 5.78 Å². The molecule has 106 valence electrons. The molecular formula is C13H9ClN4OS2. The number of ketones is 1. The lowest BCUT2D eigenvalue weighted by molar-refractivity contribution is 0.102. The molecule has 0 unspecified atom stereocenters. The number of carbonyl (C=O) groups excluding carboxylic acids is 1. The molecule has 0 aliphatic heterocycles. The molecule has 0 spiro atoms. The highest BCUT2D eigenvalue weighted by Gasteiger charge is 2.13. The smallest absolute Gasteiger partial charge is 0.214 e. The van der Waals surface area contributed by atoms with Gasteiger partial charge in [0.1, 0.15) is 0 Å². The number of nitrogens with zero attached hydrogens (tertiary/aromatic N) is 4. The van der Waals surface area contributed by atoms with Crippen molar-refractivity contribution in [2.24, 2.45) is 0 Å². The summed E-state index contributed by atoms with van der Waals surface area (Å²) in [7, 11) is 0. The highest BCUT2D eigenvalue weighted by atomic mass is 35.5. The first-order valence-electron chi connectivity index (χ1n) is 5.98. The summed E-state index contributed by atoms with van der Waals surface area (Å²) in [6.45, 7) is 0. The number of tetrazole rings is 1. The lowest BCUT2D eigenvalue weighted by Crippen LogP contribution is -2.03. The zero-order valence-corrected chi connectivity index (χ0v) is 13.0. The molecule has 0 N–H and O–H groups in total. The van der Waals surface area contributed by atoms with Crippen LogP contribution in [-0.4, -0.2) is 31.7 Å². The quantitative estimate of drug-likeness (QED) is 0.528. The predicted octanol–water partition coefficient (Wildman–Crippen LogP) is 3.35. The number of thioether (sulfide) groups is 1. The maximum atomic E-state index is 12.0. The Kier molecular flexibility index (Phi) is 4.33. The number of halogens is 1. The van der Waals surface area contributed by atoms with Crippen molar-refractivity contribution in [2.45, 2.75) is 5.16 Å². The Morgan fingerprint density at radius 3 is 2.81 bits per heavy atom. The number of aromatic nitrogens is 4. The van der Waals surface area contributed by atoms with Crippen LogP contribution in [0.3, 0.4) is 0 Å². The van der Waals surface area contributed by atoms with Crippen molar-refractivity contribution in [3.8, 4) is 5.69 Å². The van der Waals surface area contributed by atoms with Crippen LogP contribution in [0.25, 0.3) is 5.69 Å². The summed E-state index contributed by atoms with van der Waals surface area (Å²) in [5, 5.41) is 14.7. The first-order valence-corrected chi connectivity index (χ1v) is 8.22. The standard InChI is InChI=1S/C13H9ClN4OS2/c14-9-3-5-10(6-4-9)18-13(15-16-17-18)21-8-11(19)12-2-1-7-20-12/h1-7H,8H2. The Morgan fingerprint density at radius 1 is 1.29 bits per heavy atom. The minimum atomic E-state index is 0.0701. The van der Waals surface area contributed by atoms with Gasteiger partial charge in [-0.2, -0.15) is 4.68 Å². The van der Waals surface area contributed by atoms with Crippen LogP contribution >= 0.6 is 34.7 Å². The molecule has 0 fully saturated rings. The fourth-order valence-corrected chi connectivity index (χ4v) is 3.31. The van der Waals surface area contributed by atoms with Gasteiger partial charge < -0.3 is 0 Å². The second-order valence-electron chi connectivity index (χ2n) is 4.04. The van der Waals surface area contributed by atoms with Crippen LogP contribution in [0.4, 0.5) is 0 Å². The molecule has 0 saturated carbocycles. The molecule has 0 atom stereocenters. The fourth-order valence-electron chi connectivity index (χ4n) is 1.65. The largest absolute Gasteiger partial charge is 0.292 e. The van der Waals surface area contributed by atoms with E-state index in [2.05, 4.69) is 15.5 Å². The summed E-state index contributed by atoms with van der Waals surface area (Å²) in [5.74, 6) is 0.370. The number of rotatable bonds is 5. The van der Waals surface area contributed by atoms with Crippen LogP contribution < -0.4 is 0 Å². The first-order chi connectivity index (χ1) is 10.2. The number of hydrogen-bond acceptors (Lipinski definition) is 6. The molecule has 2 aromatic heterocycles. The van der Waals surface area contributed by atoms with Gasteiger partial charge in [0, 0.05) is 5.02 Å². The minimum absolute atomic E-state index is 0.0701. The van der Waals surface area contributed by atoms with Gasteiger partial charge in [0.25, 0.3) is 0 Å². The minimum Gasteiger partial charge on any atom is -0.292 e. The van der Waals surface area contributed by atoms with E-state index in [0.717, 1.165) is 10.6 Å². The first kappa shape index (κ1) is 14.2. The van der Waals surface area contributed by atoms with Crippen molar-refractivity contribution in [1.82, 2.24) is 20.2 Å². The van der Waals surface area contributed by atoms with Crippen LogP contribution in [0.5, 0.6) is 0 Å². The number of hydrogen-bond donors (Lipinski definition) is 0. The van der Waals surface area contributed by atoms with Crippen LogP contribution in [0.2, 0.25) is 5.02 Å². The fraction of sp³-hybridized carbons (Fsp3) is 0.0769. The van der Waals surface area contributed by atoms with Gasteiger partial charge in [-0.3, -0.25) is 4.79 Å². The predicted molar refractivity (Wildman–Crippen MR) is 83.5 cm³/mol. The van der Waals surface area contributed by atoms with Crippen molar-refractivity contribution in [3.05, 3.63) is 51.7 Å². The number of carbonyl (C=O) groups is 1. The lowest BCUT2D eigenvalue weighted by Gasteiger charge is -2.03. The van der Waals surface area contributed by atoms with Crippen LogP contribution in [0, 0.1) is 0 Å². The van der Waals surface area contributed by atoms with E-state index < -0.39 is 0 Å². The summed E-state index contributed by atoms with van der Waals surface area (Å²) in [6, 6.07) is 10.9. The Balaban J connectivity index is 1.74. The Bertz CT molecular complexity index is 740. The van der Waals surface area contributed by atoms with E-state index in [-0.39, 0.29) is 5.78 Å². The van der Waals surface area contributed by atoms with Gasteiger partial charge in [0.2, 0.25) is 5.16 Å². The summed E-state index contributed by atoms with van der Waals surface area (Å²) in [6.07, 6.45) is 0. The van der Waals surface area contributed by atoms with Gasteiger partial charge in [-0.15, -0.1) is 16.4 Å². The van der Waals surface area contributed by atoms with Crippen LogP contribution in [0.15, 0.2) is 46.9 Å². The van der Waals surface area contributed by atoms with E-state index in [4.69, 9.17) is 11.6 Å². The molecule has 0 radical (unpaired) electrons. The second kappa shape index (κ2) is 6.38.